The molecule has 0 aliphatic rings. The van der Waals surface area contributed by atoms with Crippen molar-refractivity contribution in [3.05, 3.63) is 29.8 Å². The lowest BCUT2D eigenvalue weighted by Gasteiger charge is -2.19. The number of anilines is 2. The summed E-state index contributed by atoms with van der Waals surface area (Å²) in [5.74, 6) is 0.344. The Labute approximate surface area is 138 Å². The van der Waals surface area contributed by atoms with Crippen LogP contribution in [0.15, 0.2) is 28.6 Å². The van der Waals surface area contributed by atoms with Crippen LogP contribution >= 0.6 is 23.1 Å². The molecule has 1 heterocycles. The summed E-state index contributed by atoms with van der Waals surface area (Å²) in [6.07, 6.45) is 0. The molecule has 1 aromatic heterocycles. The lowest BCUT2D eigenvalue weighted by molar-refractivity contribution is -0.119. The van der Waals surface area contributed by atoms with E-state index in [4.69, 9.17) is 0 Å². The van der Waals surface area contributed by atoms with Gasteiger partial charge in [0.1, 0.15) is 0 Å². The van der Waals surface area contributed by atoms with E-state index in [1.54, 1.807) is 0 Å². The zero-order chi connectivity index (χ0) is 16.2. The van der Waals surface area contributed by atoms with Crippen molar-refractivity contribution in [1.82, 2.24) is 15.5 Å². The molecule has 118 valence electrons. The lowest BCUT2D eigenvalue weighted by atomic mass is 10.1. The zero-order valence-electron chi connectivity index (χ0n) is 13.1. The summed E-state index contributed by atoms with van der Waals surface area (Å²) in [5, 5.41) is 15.1. The Morgan fingerprint density at radius 3 is 2.77 bits per heavy atom. The number of rotatable bonds is 5. The van der Waals surface area contributed by atoms with E-state index >= 15 is 0 Å². The van der Waals surface area contributed by atoms with Crippen molar-refractivity contribution >= 4 is 39.8 Å². The quantitative estimate of drug-likeness (QED) is 0.817. The van der Waals surface area contributed by atoms with Gasteiger partial charge in [-0.15, -0.1) is 10.2 Å². The molecule has 0 saturated heterocycles. The molecule has 5 nitrogen and oxygen atoms in total. The first-order valence-corrected chi connectivity index (χ1v) is 8.73. The van der Waals surface area contributed by atoms with E-state index in [0.717, 1.165) is 15.2 Å². The van der Waals surface area contributed by atoms with Gasteiger partial charge in [0.25, 0.3) is 0 Å². The molecule has 0 fully saturated rings. The van der Waals surface area contributed by atoms with E-state index in [2.05, 4.69) is 20.8 Å². The molecule has 0 unspecified atom stereocenters. The third-order valence-corrected chi connectivity index (χ3v) is 4.49. The number of nitrogens with zero attached hydrogens (tertiary/aromatic N) is 2. The third-order valence-electron chi connectivity index (χ3n) is 2.52. The molecule has 1 amide bonds. The van der Waals surface area contributed by atoms with Gasteiger partial charge in [-0.25, -0.2) is 0 Å². The number of nitrogens with one attached hydrogen (secondary N) is 2. The SMILES string of the molecule is Cc1cccc(Nc2nnc(SCC(=O)NC(C)(C)C)s2)c1. The van der Waals surface area contributed by atoms with Crippen molar-refractivity contribution in [2.75, 3.05) is 11.1 Å². The van der Waals surface area contributed by atoms with Gasteiger partial charge >= 0.3 is 0 Å². The van der Waals surface area contributed by atoms with E-state index in [9.17, 15) is 4.79 Å². The minimum atomic E-state index is -0.212. The summed E-state index contributed by atoms with van der Waals surface area (Å²) in [5.41, 5.74) is 1.96. The minimum absolute atomic E-state index is 0.000827. The summed E-state index contributed by atoms with van der Waals surface area (Å²) >= 11 is 2.84. The van der Waals surface area contributed by atoms with Gasteiger partial charge in [0, 0.05) is 11.2 Å². The van der Waals surface area contributed by atoms with Crippen molar-refractivity contribution < 1.29 is 4.79 Å². The molecule has 22 heavy (non-hydrogen) atoms. The molecule has 0 aliphatic heterocycles. The largest absolute Gasteiger partial charge is 0.351 e. The molecule has 0 radical (unpaired) electrons. The summed E-state index contributed by atoms with van der Waals surface area (Å²) in [6, 6.07) is 8.06. The Morgan fingerprint density at radius 1 is 1.32 bits per heavy atom. The van der Waals surface area contributed by atoms with Gasteiger partial charge in [-0.3, -0.25) is 4.79 Å². The molecule has 0 atom stereocenters. The first kappa shape index (κ1) is 16.8. The number of thioether (sulfide) groups is 1. The second kappa shape index (κ2) is 7.11. The molecule has 2 N–H and O–H groups in total. The Kier molecular flexibility index (Phi) is 5.42. The van der Waals surface area contributed by atoms with E-state index in [1.165, 1.54) is 28.7 Å². The minimum Gasteiger partial charge on any atom is -0.351 e. The van der Waals surface area contributed by atoms with Crippen molar-refractivity contribution in [3.8, 4) is 0 Å². The Balaban J connectivity index is 1.88. The molecule has 1 aromatic carbocycles. The molecule has 2 rings (SSSR count). The molecule has 0 spiro atoms. The molecular formula is C15H20N4OS2. The fraction of sp³-hybridized carbons (Fsp3) is 0.400. The number of carbonyl (C=O) groups excluding carboxylic acids is 1. The maximum Gasteiger partial charge on any atom is 0.230 e. The second-order valence-electron chi connectivity index (χ2n) is 5.95. The Hall–Kier alpha value is -1.60. The summed E-state index contributed by atoms with van der Waals surface area (Å²) in [4.78, 5) is 11.8. The maximum atomic E-state index is 11.8. The first-order chi connectivity index (χ1) is 10.3. The van der Waals surface area contributed by atoms with Crippen LogP contribution in [-0.2, 0) is 4.79 Å². The predicted molar refractivity (Wildman–Crippen MR) is 93.0 cm³/mol. The standard InChI is InChI=1S/C15H20N4OS2/c1-10-6-5-7-11(8-10)16-13-18-19-14(22-13)21-9-12(20)17-15(2,3)4/h5-8H,9H2,1-4H3,(H,16,18)(H,17,20). The van der Waals surface area contributed by atoms with E-state index < -0.39 is 0 Å². The average molecular weight is 336 g/mol. The third kappa shape index (κ3) is 5.65. The van der Waals surface area contributed by atoms with Crippen LogP contribution in [0.3, 0.4) is 0 Å². The van der Waals surface area contributed by atoms with Crippen molar-refractivity contribution in [2.24, 2.45) is 0 Å². The molecule has 0 saturated carbocycles. The van der Waals surface area contributed by atoms with Gasteiger partial charge in [0.2, 0.25) is 11.0 Å². The molecular weight excluding hydrogens is 316 g/mol. The van der Waals surface area contributed by atoms with Gasteiger partial charge in [-0.05, 0) is 45.4 Å². The van der Waals surface area contributed by atoms with E-state index in [-0.39, 0.29) is 11.4 Å². The number of amides is 1. The van der Waals surface area contributed by atoms with Crippen molar-refractivity contribution in [1.29, 1.82) is 0 Å². The highest BCUT2D eigenvalue weighted by Gasteiger charge is 2.14. The van der Waals surface area contributed by atoms with E-state index in [1.807, 2.05) is 52.0 Å². The number of aromatic nitrogens is 2. The van der Waals surface area contributed by atoms with Crippen LogP contribution in [-0.4, -0.2) is 27.4 Å². The summed E-state index contributed by atoms with van der Waals surface area (Å²) in [7, 11) is 0. The number of benzene rings is 1. The number of hydrogen-bond donors (Lipinski definition) is 2. The lowest BCUT2D eigenvalue weighted by Crippen LogP contribution is -2.41. The van der Waals surface area contributed by atoms with Crippen LogP contribution in [0.4, 0.5) is 10.8 Å². The molecule has 0 bridgehead atoms. The van der Waals surface area contributed by atoms with Crippen LogP contribution in [0.25, 0.3) is 0 Å². The van der Waals surface area contributed by atoms with Crippen molar-refractivity contribution in [2.45, 2.75) is 37.6 Å². The van der Waals surface area contributed by atoms with Crippen LogP contribution < -0.4 is 10.6 Å². The van der Waals surface area contributed by atoms with Gasteiger partial charge in [-0.1, -0.05) is 35.2 Å². The predicted octanol–water partition coefficient (Wildman–Crippen LogP) is 3.60. The average Bonchev–Trinajstić information content (AvgIpc) is 2.82. The number of aryl methyl sites for hydroxylation is 1. The number of carbonyl (C=O) groups is 1. The fourth-order valence-electron chi connectivity index (χ4n) is 1.75. The van der Waals surface area contributed by atoms with Gasteiger partial charge in [0.05, 0.1) is 5.75 Å². The maximum absolute atomic E-state index is 11.8. The second-order valence-corrected chi connectivity index (χ2v) is 8.15. The van der Waals surface area contributed by atoms with Gasteiger partial charge < -0.3 is 10.6 Å². The van der Waals surface area contributed by atoms with E-state index in [0.29, 0.717) is 5.75 Å². The normalized spacial score (nSPS) is 11.3. The van der Waals surface area contributed by atoms with Crippen LogP contribution in [0.5, 0.6) is 0 Å². The highest BCUT2D eigenvalue weighted by Crippen LogP contribution is 2.27. The fourth-order valence-corrected chi connectivity index (χ4v) is 3.32. The summed E-state index contributed by atoms with van der Waals surface area (Å²) in [6.45, 7) is 7.93. The zero-order valence-corrected chi connectivity index (χ0v) is 14.8. The first-order valence-electron chi connectivity index (χ1n) is 6.93. The molecule has 7 heteroatoms. The van der Waals surface area contributed by atoms with Crippen LogP contribution in [0.2, 0.25) is 0 Å². The highest BCUT2D eigenvalue weighted by molar-refractivity contribution is 8.01. The van der Waals surface area contributed by atoms with Crippen LogP contribution in [0.1, 0.15) is 26.3 Å². The monoisotopic (exact) mass is 336 g/mol. The van der Waals surface area contributed by atoms with Gasteiger partial charge in [0.15, 0.2) is 4.34 Å². The Bertz CT molecular complexity index is 649. The smallest absolute Gasteiger partial charge is 0.230 e. The van der Waals surface area contributed by atoms with Crippen LogP contribution in [0, 0.1) is 6.92 Å². The van der Waals surface area contributed by atoms with Gasteiger partial charge in [-0.2, -0.15) is 0 Å². The Morgan fingerprint density at radius 2 is 2.09 bits per heavy atom. The molecule has 2 aromatic rings. The van der Waals surface area contributed by atoms with Crippen molar-refractivity contribution in [3.63, 3.8) is 0 Å². The number of hydrogen-bond acceptors (Lipinski definition) is 6. The summed E-state index contributed by atoms with van der Waals surface area (Å²) < 4.78 is 0.777. The molecule has 0 aliphatic carbocycles. The highest BCUT2D eigenvalue weighted by atomic mass is 32.2. The topological polar surface area (TPSA) is 66.9 Å².